The van der Waals surface area contributed by atoms with Gasteiger partial charge in [0.15, 0.2) is 22.4 Å². The molecule has 0 radical (unpaired) electrons. The summed E-state index contributed by atoms with van der Waals surface area (Å²) < 4.78 is 12.0. The van der Waals surface area contributed by atoms with Gasteiger partial charge in [0, 0.05) is 25.5 Å². The number of hydrogen-bond donors (Lipinski definition) is 1. The molecule has 0 atom stereocenters. The molecule has 4 rings (SSSR count). The number of benzene rings is 3. The van der Waals surface area contributed by atoms with E-state index in [4.69, 9.17) is 21.7 Å². The summed E-state index contributed by atoms with van der Waals surface area (Å²) >= 11 is 6.78. The molecule has 0 aromatic heterocycles. The average Bonchev–Trinajstić information content (AvgIpc) is 3.15. The summed E-state index contributed by atoms with van der Waals surface area (Å²) in [7, 11) is 3.93. The van der Waals surface area contributed by atoms with E-state index in [0.29, 0.717) is 27.3 Å². The Labute approximate surface area is 238 Å². The largest absolute Gasteiger partial charge is 0.490 e. The number of thioether (sulfide) groups is 1. The van der Waals surface area contributed by atoms with Crippen LogP contribution in [0.5, 0.6) is 11.5 Å². The number of carbonyl (C=O) groups excluding carboxylic acids is 2. The van der Waals surface area contributed by atoms with E-state index in [0.717, 1.165) is 33.8 Å². The highest BCUT2D eigenvalue weighted by molar-refractivity contribution is 8.27. The van der Waals surface area contributed by atoms with E-state index in [1.54, 1.807) is 23.1 Å². The van der Waals surface area contributed by atoms with Crippen molar-refractivity contribution in [1.82, 2.24) is 0 Å². The van der Waals surface area contributed by atoms with E-state index in [-0.39, 0.29) is 18.4 Å². The second-order valence-electron chi connectivity index (χ2n) is 9.28. The number of aryl methyl sites for hydroxylation is 2. The Hall–Kier alpha value is -3.82. The molecule has 1 aliphatic heterocycles. The number of thiocarbonyl (C=S) groups is 1. The van der Waals surface area contributed by atoms with Crippen LogP contribution in [0, 0.1) is 13.8 Å². The third-order valence-corrected chi connectivity index (χ3v) is 7.15. The standard InChI is InChI=1S/C30H31N3O4S2/c1-6-36-26-16-21(7-12-25(26)37-18-28(34)31-22-14-19(2)13-20(3)15-22)17-27-29(35)33(30(38)39-27)24-10-8-23(9-11-24)32(4)5/h7-17H,6,18H2,1-5H3,(H,31,34)/b27-17-. The first kappa shape index (κ1) is 28.2. The number of nitrogens with zero attached hydrogens (tertiary/aromatic N) is 2. The molecule has 1 aliphatic rings. The van der Waals surface area contributed by atoms with Crippen molar-refractivity contribution in [1.29, 1.82) is 0 Å². The Balaban J connectivity index is 1.47. The second kappa shape index (κ2) is 12.4. The minimum absolute atomic E-state index is 0.169. The molecule has 3 aromatic carbocycles. The Morgan fingerprint density at radius 3 is 2.33 bits per heavy atom. The van der Waals surface area contributed by atoms with E-state index in [1.807, 2.05) is 88.3 Å². The Bertz CT molecular complexity index is 1410. The first-order valence-electron chi connectivity index (χ1n) is 12.5. The van der Waals surface area contributed by atoms with Gasteiger partial charge in [-0.15, -0.1) is 0 Å². The van der Waals surface area contributed by atoms with Crippen LogP contribution in [0.25, 0.3) is 6.08 Å². The van der Waals surface area contributed by atoms with E-state index in [9.17, 15) is 9.59 Å². The van der Waals surface area contributed by atoms with Crippen molar-refractivity contribution in [2.45, 2.75) is 20.8 Å². The zero-order valence-corrected chi connectivity index (χ0v) is 24.2. The van der Waals surface area contributed by atoms with Gasteiger partial charge in [0.1, 0.15) is 0 Å². The predicted octanol–water partition coefficient (Wildman–Crippen LogP) is 6.19. The summed E-state index contributed by atoms with van der Waals surface area (Å²) in [4.78, 5) is 29.8. The van der Waals surface area contributed by atoms with Crippen LogP contribution in [0.3, 0.4) is 0 Å². The van der Waals surface area contributed by atoms with Crippen LogP contribution in [0.2, 0.25) is 0 Å². The van der Waals surface area contributed by atoms with E-state index >= 15 is 0 Å². The third kappa shape index (κ3) is 6.99. The van der Waals surface area contributed by atoms with Crippen molar-refractivity contribution >= 4 is 63.3 Å². The number of ether oxygens (including phenoxy) is 2. The van der Waals surface area contributed by atoms with Gasteiger partial charge in [-0.1, -0.05) is 36.1 Å². The quantitative estimate of drug-likeness (QED) is 0.247. The summed E-state index contributed by atoms with van der Waals surface area (Å²) in [5, 5.41) is 2.87. The molecular weight excluding hydrogens is 530 g/mol. The lowest BCUT2D eigenvalue weighted by atomic mass is 10.1. The van der Waals surface area contributed by atoms with Crippen molar-refractivity contribution in [3.63, 3.8) is 0 Å². The van der Waals surface area contributed by atoms with Gasteiger partial charge in [0.25, 0.3) is 11.8 Å². The van der Waals surface area contributed by atoms with Crippen molar-refractivity contribution in [2.75, 3.05) is 42.4 Å². The molecule has 39 heavy (non-hydrogen) atoms. The van der Waals surface area contributed by atoms with Gasteiger partial charge < -0.3 is 19.7 Å². The number of carbonyl (C=O) groups is 2. The molecule has 7 nitrogen and oxygen atoms in total. The molecule has 3 aromatic rings. The summed E-state index contributed by atoms with van der Waals surface area (Å²) in [6.07, 6.45) is 1.78. The zero-order valence-electron chi connectivity index (χ0n) is 22.6. The molecule has 1 heterocycles. The highest BCUT2D eigenvalue weighted by Crippen LogP contribution is 2.37. The van der Waals surface area contributed by atoms with Crippen molar-refractivity contribution < 1.29 is 19.1 Å². The van der Waals surface area contributed by atoms with Gasteiger partial charge >= 0.3 is 0 Å². The third-order valence-electron chi connectivity index (χ3n) is 5.85. The van der Waals surface area contributed by atoms with Gasteiger partial charge in [-0.05, 0) is 92.1 Å². The normalized spacial score (nSPS) is 14.1. The van der Waals surface area contributed by atoms with Crippen molar-refractivity contribution in [2.24, 2.45) is 0 Å². The van der Waals surface area contributed by atoms with Gasteiger partial charge in [-0.2, -0.15) is 0 Å². The van der Waals surface area contributed by atoms with Gasteiger partial charge in [-0.25, -0.2) is 0 Å². The first-order chi connectivity index (χ1) is 18.6. The zero-order chi connectivity index (χ0) is 28.1. The highest BCUT2D eigenvalue weighted by atomic mass is 32.2. The van der Waals surface area contributed by atoms with Crippen molar-refractivity contribution in [3.05, 3.63) is 82.3 Å². The maximum atomic E-state index is 13.2. The topological polar surface area (TPSA) is 71.1 Å². The fraction of sp³-hybridized carbons (Fsp3) is 0.233. The lowest BCUT2D eigenvalue weighted by Crippen LogP contribution is -2.27. The molecule has 0 bridgehead atoms. The van der Waals surface area contributed by atoms with Gasteiger partial charge in [0.05, 0.1) is 17.2 Å². The molecule has 1 N–H and O–H groups in total. The average molecular weight is 562 g/mol. The predicted molar refractivity (Wildman–Crippen MR) is 164 cm³/mol. The van der Waals surface area contributed by atoms with E-state index in [1.165, 1.54) is 11.8 Å². The summed E-state index contributed by atoms with van der Waals surface area (Å²) in [5.74, 6) is 0.482. The number of nitrogens with one attached hydrogen (secondary N) is 1. The lowest BCUT2D eigenvalue weighted by Gasteiger charge is -2.17. The molecular formula is C30H31N3O4S2. The number of rotatable bonds is 9. The molecule has 0 spiro atoms. The highest BCUT2D eigenvalue weighted by Gasteiger charge is 2.33. The van der Waals surface area contributed by atoms with E-state index in [2.05, 4.69) is 5.32 Å². The summed E-state index contributed by atoms with van der Waals surface area (Å²) in [6.45, 7) is 6.08. The maximum Gasteiger partial charge on any atom is 0.270 e. The Morgan fingerprint density at radius 1 is 1.00 bits per heavy atom. The van der Waals surface area contributed by atoms with Crippen LogP contribution in [-0.2, 0) is 9.59 Å². The molecule has 9 heteroatoms. The molecule has 1 saturated heterocycles. The van der Waals surface area contributed by atoms with Crippen LogP contribution in [0.1, 0.15) is 23.6 Å². The molecule has 2 amide bonds. The van der Waals surface area contributed by atoms with Crippen LogP contribution in [0.15, 0.2) is 65.6 Å². The van der Waals surface area contributed by atoms with Crippen molar-refractivity contribution in [3.8, 4) is 11.5 Å². The molecule has 1 fully saturated rings. The van der Waals surface area contributed by atoms with Crippen LogP contribution in [0.4, 0.5) is 17.1 Å². The number of amides is 2. The molecule has 0 unspecified atom stereocenters. The van der Waals surface area contributed by atoms with Crippen LogP contribution >= 0.6 is 24.0 Å². The Morgan fingerprint density at radius 2 is 1.69 bits per heavy atom. The molecule has 0 saturated carbocycles. The maximum absolute atomic E-state index is 13.2. The summed E-state index contributed by atoms with van der Waals surface area (Å²) in [6, 6.07) is 18.9. The SMILES string of the molecule is CCOc1cc(/C=C2\SC(=S)N(c3ccc(N(C)C)cc3)C2=O)ccc1OCC(=O)Nc1cc(C)cc(C)c1. The molecule has 202 valence electrons. The number of hydrogen-bond acceptors (Lipinski definition) is 7. The fourth-order valence-electron chi connectivity index (χ4n) is 4.13. The van der Waals surface area contributed by atoms with E-state index < -0.39 is 0 Å². The minimum atomic E-state index is -0.270. The summed E-state index contributed by atoms with van der Waals surface area (Å²) in [5.41, 5.74) is 5.39. The van der Waals surface area contributed by atoms with Gasteiger partial charge in [-0.3, -0.25) is 14.5 Å². The lowest BCUT2D eigenvalue weighted by molar-refractivity contribution is -0.118. The fourth-order valence-corrected chi connectivity index (χ4v) is 5.43. The van der Waals surface area contributed by atoms with Gasteiger partial charge in [0.2, 0.25) is 0 Å². The number of anilines is 3. The smallest absolute Gasteiger partial charge is 0.270 e. The van der Waals surface area contributed by atoms with Crippen LogP contribution < -0.4 is 24.6 Å². The first-order valence-corrected chi connectivity index (χ1v) is 13.7. The minimum Gasteiger partial charge on any atom is -0.490 e. The van der Waals surface area contributed by atoms with Crippen LogP contribution in [-0.4, -0.2) is 43.4 Å². The Kier molecular flexibility index (Phi) is 8.93. The molecule has 0 aliphatic carbocycles. The second-order valence-corrected chi connectivity index (χ2v) is 11.0. The monoisotopic (exact) mass is 561 g/mol.